The molecule has 0 aromatic heterocycles. The van der Waals surface area contributed by atoms with E-state index >= 15 is 0 Å². The first-order chi connectivity index (χ1) is 12.1. The van der Waals surface area contributed by atoms with E-state index in [1.807, 2.05) is 39.2 Å². The summed E-state index contributed by atoms with van der Waals surface area (Å²) in [6.45, 7) is 4.03. The van der Waals surface area contributed by atoms with Crippen LogP contribution in [0.3, 0.4) is 0 Å². The second-order valence-corrected chi connectivity index (χ2v) is 6.03. The first kappa shape index (κ1) is 18.8. The maximum absolute atomic E-state index is 13.7. The van der Waals surface area contributed by atoms with Crippen LogP contribution in [-0.4, -0.2) is 33.1 Å². The number of anilines is 1. The lowest BCUT2D eigenvalue weighted by Crippen LogP contribution is -2.38. The first-order valence-electron chi connectivity index (χ1n) is 8.62. The van der Waals surface area contributed by atoms with Gasteiger partial charge in [0.25, 0.3) is 0 Å². The van der Waals surface area contributed by atoms with Gasteiger partial charge in [-0.2, -0.15) is 0 Å². The van der Waals surface area contributed by atoms with Gasteiger partial charge >= 0.3 is 0 Å². The number of hydrogen-bond acceptors (Lipinski definition) is 2. The third-order valence-corrected chi connectivity index (χ3v) is 3.84. The average molecular weight is 342 g/mol. The van der Waals surface area contributed by atoms with E-state index < -0.39 is 0 Å². The topological polar surface area (TPSA) is 39.7 Å². The van der Waals surface area contributed by atoms with Gasteiger partial charge in [0.05, 0.1) is 6.54 Å². The molecule has 0 aliphatic carbocycles. The molecular weight excluding hydrogens is 315 g/mol. The van der Waals surface area contributed by atoms with Gasteiger partial charge in [-0.15, -0.1) is 0 Å². The highest BCUT2D eigenvalue weighted by molar-refractivity contribution is 5.79. The highest BCUT2D eigenvalue weighted by Gasteiger charge is 2.02. The number of hydrogen-bond donors (Lipinski definition) is 2. The monoisotopic (exact) mass is 342 g/mol. The molecule has 134 valence electrons. The van der Waals surface area contributed by atoms with E-state index in [0.29, 0.717) is 25.1 Å². The normalized spacial score (nSPS) is 11.3. The Bertz CT molecular complexity index is 698. The zero-order valence-corrected chi connectivity index (χ0v) is 15.2. The summed E-state index contributed by atoms with van der Waals surface area (Å²) in [6.07, 6.45) is 0.618. The Balaban J connectivity index is 1.94. The van der Waals surface area contributed by atoms with E-state index in [1.54, 1.807) is 6.07 Å². The molecule has 0 fully saturated rings. The number of rotatable bonds is 7. The number of guanidine groups is 1. The van der Waals surface area contributed by atoms with Gasteiger partial charge in [0.2, 0.25) is 0 Å². The van der Waals surface area contributed by atoms with Crippen molar-refractivity contribution < 1.29 is 4.39 Å². The Labute approximate surface area is 149 Å². The quantitative estimate of drug-likeness (QED) is 0.600. The minimum absolute atomic E-state index is 0.160. The minimum atomic E-state index is -0.160. The molecule has 2 aromatic rings. The average Bonchev–Trinajstić information content (AvgIpc) is 2.61. The molecule has 2 rings (SSSR count). The van der Waals surface area contributed by atoms with Crippen molar-refractivity contribution in [3.63, 3.8) is 0 Å². The van der Waals surface area contributed by atoms with E-state index in [2.05, 4.69) is 38.7 Å². The molecule has 0 aliphatic heterocycles. The van der Waals surface area contributed by atoms with Crippen LogP contribution in [0.2, 0.25) is 0 Å². The Hall–Kier alpha value is -2.56. The molecular formula is C20H27FN4. The Morgan fingerprint density at radius 1 is 1.08 bits per heavy atom. The van der Waals surface area contributed by atoms with E-state index in [1.165, 1.54) is 6.07 Å². The van der Waals surface area contributed by atoms with Gasteiger partial charge in [-0.05, 0) is 42.7 Å². The highest BCUT2D eigenvalue weighted by Crippen LogP contribution is 2.14. The maximum atomic E-state index is 13.7. The molecule has 0 spiro atoms. The predicted octanol–water partition coefficient (Wildman–Crippen LogP) is 3.19. The van der Waals surface area contributed by atoms with Crippen molar-refractivity contribution >= 4 is 11.6 Å². The molecule has 0 saturated heterocycles. The first-order valence-corrected chi connectivity index (χ1v) is 8.62. The smallest absolute Gasteiger partial charge is 0.191 e. The molecule has 0 saturated carbocycles. The van der Waals surface area contributed by atoms with Crippen LogP contribution in [0, 0.1) is 5.82 Å². The Morgan fingerprint density at radius 3 is 2.60 bits per heavy atom. The molecule has 0 atom stereocenters. The molecule has 0 aliphatic rings. The SMILES string of the molecule is CCNC(=NCc1cccc(N(C)C)c1)NCCc1ccccc1F. The Morgan fingerprint density at radius 2 is 1.88 bits per heavy atom. The van der Waals surface area contributed by atoms with Gasteiger partial charge in [-0.1, -0.05) is 30.3 Å². The fourth-order valence-electron chi connectivity index (χ4n) is 2.46. The summed E-state index contributed by atoms with van der Waals surface area (Å²) in [4.78, 5) is 6.69. The van der Waals surface area contributed by atoms with Gasteiger partial charge in [0.1, 0.15) is 5.82 Å². The minimum Gasteiger partial charge on any atom is -0.378 e. The van der Waals surface area contributed by atoms with E-state index in [-0.39, 0.29) is 5.82 Å². The van der Waals surface area contributed by atoms with Crippen LogP contribution >= 0.6 is 0 Å². The summed E-state index contributed by atoms with van der Waals surface area (Å²) in [5, 5.41) is 6.49. The van der Waals surface area contributed by atoms with Crippen LogP contribution in [0.1, 0.15) is 18.1 Å². The summed E-state index contributed by atoms with van der Waals surface area (Å²) in [6, 6.07) is 15.2. The summed E-state index contributed by atoms with van der Waals surface area (Å²) in [5.74, 6) is 0.584. The number of aliphatic imine (C=N–C) groups is 1. The van der Waals surface area contributed by atoms with Crippen molar-refractivity contribution in [2.24, 2.45) is 4.99 Å². The molecule has 2 N–H and O–H groups in total. The standard InChI is InChI=1S/C20H27FN4/c1-4-22-20(23-13-12-17-9-5-6-11-19(17)21)24-15-16-8-7-10-18(14-16)25(2)3/h5-11,14H,4,12-13,15H2,1-3H3,(H2,22,23,24). The second-order valence-electron chi connectivity index (χ2n) is 6.03. The zero-order chi connectivity index (χ0) is 18.1. The number of nitrogens with zero attached hydrogens (tertiary/aromatic N) is 2. The largest absolute Gasteiger partial charge is 0.378 e. The van der Waals surface area contributed by atoms with E-state index in [4.69, 9.17) is 0 Å². The lowest BCUT2D eigenvalue weighted by molar-refractivity contribution is 0.606. The molecule has 0 unspecified atom stereocenters. The molecule has 5 heteroatoms. The van der Waals surface area contributed by atoms with Crippen LogP contribution < -0.4 is 15.5 Å². The van der Waals surface area contributed by atoms with Gasteiger partial charge in [-0.25, -0.2) is 9.38 Å². The molecule has 0 heterocycles. The third-order valence-electron chi connectivity index (χ3n) is 3.84. The lowest BCUT2D eigenvalue weighted by Gasteiger charge is -2.14. The summed E-state index contributed by atoms with van der Waals surface area (Å²) in [5.41, 5.74) is 3.02. The van der Waals surface area contributed by atoms with Crippen molar-refractivity contribution in [1.29, 1.82) is 0 Å². The fraction of sp³-hybridized carbons (Fsp3) is 0.350. The Kier molecular flexibility index (Phi) is 7.26. The second kappa shape index (κ2) is 9.67. The van der Waals surface area contributed by atoms with Crippen molar-refractivity contribution in [3.05, 3.63) is 65.5 Å². The predicted molar refractivity (Wildman–Crippen MR) is 104 cm³/mol. The number of halogens is 1. The molecule has 0 radical (unpaired) electrons. The summed E-state index contributed by atoms with van der Waals surface area (Å²) >= 11 is 0. The van der Waals surface area contributed by atoms with Gasteiger partial charge in [0, 0.05) is 32.9 Å². The lowest BCUT2D eigenvalue weighted by atomic mass is 10.1. The summed E-state index contributed by atoms with van der Waals surface area (Å²) in [7, 11) is 4.05. The van der Waals surface area contributed by atoms with Crippen molar-refractivity contribution in [1.82, 2.24) is 10.6 Å². The van der Waals surface area contributed by atoms with Crippen molar-refractivity contribution in [2.75, 3.05) is 32.1 Å². The van der Waals surface area contributed by atoms with Crippen LogP contribution in [-0.2, 0) is 13.0 Å². The third kappa shape index (κ3) is 6.10. The van der Waals surface area contributed by atoms with Gasteiger partial charge < -0.3 is 15.5 Å². The van der Waals surface area contributed by atoms with E-state index in [0.717, 1.165) is 23.8 Å². The van der Waals surface area contributed by atoms with Crippen LogP contribution in [0.15, 0.2) is 53.5 Å². The van der Waals surface area contributed by atoms with Crippen molar-refractivity contribution in [2.45, 2.75) is 19.9 Å². The highest BCUT2D eigenvalue weighted by atomic mass is 19.1. The zero-order valence-electron chi connectivity index (χ0n) is 15.2. The number of benzene rings is 2. The molecule has 4 nitrogen and oxygen atoms in total. The van der Waals surface area contributed by atoms with Crippen molar-refractivity contribution in [3.8, 4) is 0 Å². The van der Waals surface area contributed by atoms with Crippen LogP contribution in [0.4, 0.5) is 10.1 Å². The molecule has 0 amide bonds. The van der Waals surface area contributed by atoms with Crippen LogP contribution in [0.5, 0.6) is 0 Å². The molecule has 0 bridgehead atoms. The summed E-state index contributed by atoms with van der Waals surface area (Å²) < 4.78 is 13.7. The molecule has 2 aromatic carbocycles. The van der Waals surface area contributed by atoms with E-state index in [9.17, 15) is 4.39 Å². The maximum Gasteiger partial charge on any atom is 0.191 e. The fourth-order valence-corrected chi connectivity index (χ4v) is 2.46. The number of nitrogens with one attached hydrogen (secondary N) is 2. The molecule has 25 heavy (non-hydrogen) atoms. The van der Waals surface area contributed by atoms with Gasteiger partial charge in [0.15, 0.2) is 5.96 Å². The van der Waals surface area contributed by atoms with Crippen LogP contribution in [0.25, 0.3) is 0 Å². The van der Waals surface area contributed by atoms with Gasteiger partial charge in [-0.3, -0.25) is 0 Å².